The highest BCUT2D eigenvalue weighted by Crippen LogP contribution is 2.38. The van der Waals surface area contributed by atoms with Crippen LogP contribution in [0, 0.1) is 3.57 Å². The van der Waals surface area contributed by atoms with Crippen molar-refractivity contribution in [1.29, 1.82) is 0 Å². The van der Waals surface area contributed by atoms with Gasteiger partial charge in [0.15, 0.2) is 0 Å². The van der Waals surface area contributed by atoms with Crippen molar-refractivity contribution in [3.63, 3.8) is 0 Å². The van der Waals surface area contributed by atoms with Crippen LogP contribution in [-0.2, 0) is 6.42 Å². The van der Waals surface area contributed by atoms with E-state index in [1.807, 2.05) is 11.3 Å². The number of rotatable bonds is 1. The second-order valence-electron chi connectivity index (χ2n) is 4.00. The first-order valence-electron chi connectivity index (χ1n) is 5.50. The van der Waals surface area contributed by atoms with Gasteiger partial charge in [0.1, 0.15) is 0 Å². The summed E-state index contributed by atoms with van der Waals surface area (Å²) in [6, 6.07) is 11.0. The molecule has 1 heterocycles. The lowest BCUT2D eigenvalue weighted by molar-refractivity contribution is 1.15. The van der Waals surface area contributed by atoms with Gasteiger partial charge in [-0.15, -0.1) is 11.3 Å². The van der Waals surface area contributed by atoms with Gasteiger partial charge in [0.2, 0.25) is 0 Å². The lowest BCUT2D eigenvalue weighted by Crippen LogP contribution is -1.85. The highest BCUT2D eigenvalue weighted by Gasteiger charge is 2.10. The van der Waals surface area contributed by atoms with Crippen molar-refractivity contribution >= 4 is 70.0 Å². The first-order chi connectivity index (χ1) is 8.20. The van der Waals surface area contributed by atoms with E-state index in [1.165, 1.54) is 29.3 Å². The summed E-state index contributed by atoms with van der Waals surface area (Å²) in [6.07, 6.45) is 1.10. The minimum absolute atomic E-state index is 1.10. The molecule has 0 amide bonds. The Labute approximate surface area is 126 Å². The second kappa shape index (κ2) is 4.52. The third-order valence-electron chi connectivity index (χ3n) is 3.00. The summed E-state index contributed by atoms with van der Waals surface area (Å²) < 4.78 is 5.35. The van der Waals surface area contributed by atoms with Crippen LogP contribution in [0.1, 0.15) is 12.5 Å². The van der Waals surface area contributed by atoms with Gasteiger partial charge in [0.05, 0.1) is 0 Å². The molecule has 0 N–H and O–H groups in total. The summed E-state index contributed by atoms with van der Waals surface area (Å²) in [5, 5.41) is 2.77. The quantitative estimate of drug-likeness (QED) is 0.428. The topological polar surface area (TPSA) is 0 Å². The van der Waals surface area contributed by atoms with E-state index in [9.17, 15) is 0 Å². The van der Waals surface area contributed by atoms with Gasteiger partial charge in [-0.25, -0.2) is 0 Å². The first-order valence-corrected chi connectivity index (χ1v) is 8.18. The molecule has 86 valence electrons. The van der Waals surface area contributed by atoms with Crippen molar-refractivity contribution in [2.24, 2.45) is 0 Å². The molecule has 0 aliphatic rings. The molecule has 0 atom stereocenters. The summed E-state index contributed by atoms with van der Waals surface area (Å²) in [7, 11) is 0. The van der Waals surface area contributed by atoms with Crippen LogP contribution in [0.25, 0.3) is 20.2 Å². The number of benzene rings is 2. The van der Waals surface area contributed by atoms with E-state index >= 15 is 0 Å². The fourth-order valence-electron chi connectivity index (χ4n) is 2.17. The molecule has 3 rings (SSSR count). The molecule has 0 saturated carbocycles. The maximum absolute atomic E-state index is 3.54. The van der Waals surface area contributed by atoms with Gasteiger partial charge in [-0.3, -0.25) is 0 Å². The highest BCUT2D eigenvalue weighted by atomic mass is 127. The zero-order valence-electron chi connectivity index (χ0n) is 9.26. The maximum Gasteiger partial charge on any atom is 0.0397 e. The molecule has 3 aromatic rings. The van der Waals surface area contributed by atoms with Crippen LogP contribution in [0.4, 0.5) is 0 Å². The Bertz CT molecular complexity index is 715. The van der Waals surface area contributed by atoms with Crippen LogP contribution in [-0.4, -0.2) is 0 Å². The van der Waals surface area contributed by atoms with Crippen LogP contribution in [0.5, 0.6) is 0 Å². The van der Waals surface area contributed by atoms with Crippen LogP contribution in [0.2, 0.25) is 0 Å². The monoisotopic (exact) mass is 416 g/mol. The van der Waals surface area contributed by atoms with Gasteiger partial charge in [-0.1, -0.05) is 35.0 Å². The van der Waals surface area contributed by atoms with E-state index in [-0.39, 0.29) is 0 Å². The number of aryl methyl sites for hydroxylation is 1. The van der Waals surface area contributed by atoms with Gasteiger partial charge in [-0.05, 0) is 52.8 Å². The third kappa shape index (κ3) is 1.92. The minimum atomic E-state index is 1.10. The Balaban J connectivity index is 2.50. The van der Waals surface area contributed by atoms with E-state index in [1.54, 1.807) is 0 Å². The summed E-state index contributed by atoms with van der Waals surface area (Å²) in [4.78, 5) is 0. The SMILES string of the molecule is CCc1c(I)ccc2c1sc1cc(Br)ccc12. The normalized spacial score (nSPS) is 11.5. The standard InChI is InChI=1S/C14H10BrIS/c1-2-9-12(16)6-5-11-10-4-3-8(15)7-13(10)17-14(9)11/h3-7H,2H2,1H3. The molecule has 0 radical (unpaired) electrons. The smallest absolute Gasteiger partial charge is 0.0397 e. The van der Waals surface area contributed by atoms with Crippen molar-refractivity contribution in [3.8, 4) is 0 Å². The molecule has 3 heteroatoms. The minimum Gasteiger partial charge on any atom is -0.135 e. The molecule has 0 aliphatic carbocycles. The Morgan fingerprint density at radius 1 is 1.18 bits per heavy atom. The van der Waals surface area contributed by atoms with Crippen LogP contribution in [0.15, 0.2) is 34.8 Å². The van der Waals surface area contributed by atoms with Gasteiger partial charge < -0.3 is 0 Å². The van der Waals surface area contributed by atoms with E-state index in [2.05, 4.69) is 75.8 Å². The van der Waals surface area contributed by atoms with Gasteiger partial charge in [0, 0.05) is 28.2 Å². The number of halogens is 2. The lowest BCUT2D eigenvalue weighted by atomic mass is 10.1. The summed E-state index contributed by atoms with van der Waals surface area (Å²) in [5.74, 6) is 0. The van der Waals surface area contributed by atoms with Crippen molar-refractivity contribution in [3.05, 3.63) is 43.9 Å². The second-order valence-corrected chi connectivity index (χ2v) is 7.13. The van der Waals surface area contributed by atoms with E-state index < -0.39 is 0 Å². The third-order valence-corrected chi connectivity index (χ3v) is 5.73. The average Bonchev–Trinajstić information content (AvgIpc) is 2.66. The molecule has 0 unspecified atom stereocenters. The number of hydrogen-bond donors (Lipinski definition) is 0. The number of hydrogen-bond acceptors (Lipinski definition) is 1. The maximum atomic E-state index is 3.54. The Hall–Kier alpha value is -0.130. The van der Waals surface area contributed by atoms with Crippen molar-refractivity contribution < 1.29 is 0 Å². The van der Waals surface area contributed by atoms with Crippen molar-refractivity contribution in [2.75, 3.05) is 0 Å². The predicted molar refractivity (Wildman–Crippen MR) is 89.1 cm³/mol. The Morgan fingerprint density at radius 2 is 1.94 bits per heavy atom. The Morgan fingerprint density at radius 3 is 2.71 bits per heavy atom. The first kappa shape index (κ1) is 11.9. The lowest BCUT2D eigenvalue weighted by Gasteiger charge is -2.02. The van der Waals surface area contributed by atoms with Crippen molar-refractivity contribution in [2.45, 2.75) is 13.3 Å². The Kier molecular flexibility index (Phi) is 3.17. The number of fused-ring (bicyclic) bond motifs is 3. The highest BCUT2D eigenvalue weighted by molar-refractivity contribution is 14.1. The summed E-state index contributed by atoms with van der Waals surface area (Å²) >= 11 is 7.89. The van der Waals surface area contributed by atoms with Crippen molar-refractivity contribution in [1.82, 2.24) is 0 Å². The fraction of sp³-hybridized carbons (Fsp3) is 0.143. The van der Waals surface area contributed by atoms with Crippen LogP contribution >= 0.6 is 49.9 Å². The zero-order chi connectivity index (χ0) is 12.0. The van der Waals surface area contributed by atoms with Gasteiger partial charge >= 0.3 is 0 Å². The van der Waals surface area contributed by atoms with Gasteiger partial charge in [0.25, 0.3) is 0 Å². The van der Waals surface area contributed by atoms with E-state index in [0.717, 1.165) is 10.9 Å². The molecule has 2 aromatic carbocycles. The molecular formula is C14H10BrIS. The molecule has 0 nitrogen and oxygen atoms in total. The fourth-order valence-corrected chi connectivity index (χ4v) is 5.06. The summed E-state index contributed by atoms with van der Waals surface area (Å²) in [6.45, 7) is 2.23. The molecule has 1 aromatic heterocycles. The molecule has 17 heavy (non-hydrogen) atoms. The molecule has 0 saturated heterocycles. The van der Waals surface area contributed by atoms with Gasteiger partial charge in [-0.2, -0.15) is 0 Å². The van der Waals surface area contributed by atoms with E-state index in [0.29, 0.717) is 0 Å². The summed E-state index contributed by atoms with van der Waals surface area (Å²) in [5.41, 5.74) is 1.49. The zero-order valence-corrected chi connectivity index (χ0v) is 13.8. The molecule has 0 spiro atoms. The predicted octanol–water partition coefficient (Wildman–Crippen LogP) is 5.98. The average molecular weight is 417 g/mol. The largest absolute Gasteiger partial charge is 0.135 e. The van der Waals surface area contributed by atoms with E-state index in [4.69, 9.17) is 0 Å². The molecular weight excluding hydrogens is 407 g/mol. The molecule has 0 bridgehead atoms. The molecule has 0 fully saturated rings. The van der Waals surface area contributed by atoms with Crippen LogP contribution < -0.4 is 0 Å². The molecule has 0 aliphatic heterocycles. The number of thiophene rings is 1. The van der Waals surface area contributed by atoms with Crippen LogP contribution in [0.3, 0.4) is 0 Å².